The first-order chi connectivity index (χ1) is 13.3. The second kappa shape index (κ2) is 9.09. The highest BCUT2D eigenvalue weighted by Crippen LogP contribution is 2.27. The number of rotatable bonds is 4. The lowest BCUT2D eigenvalue weighted by molar-refractivity contribution is -0.127. The van der Waals surface area contributed by atoms with Crippen LogP contribution in [0.5, 0.6) is 0 Å². The summed E-state index contributed by atoms with van der Waals surface area (Å²) in [5, 5.41) is 3.38. The Balaban J connectivity index is 1.22. The lowest BCUT2D eigenvalue weighted by Crippen LogP contribution is -2.47. The van der Waals surface area contributed by atoms with Gasteiger partial charge in [-0.15, -0.1) is 0 Å². The van der Waals surface area contributed by atoms with E-state index >= 15 is 0 Å². The molecule has 27 heavy (non-hydrogen) atoms. The Bertz CT molecular complexity index is 589. The molecule has 1 aliphatic carbocycles. The average molecular weight is 370 g/mol. The molecule has 4 heteroatoms. The van der Waals surface area contributed by atoms with Crippen molar-refractivity contribution in [3.8, 4) is 0 Å². The molecular weight excluding hydrogens is 334 g/mol. The number of hydrogen-bond acceptors (Lipinski definition) is 3. The number of para-hydroxylation sites is 1. The molecule has 1 saturated carbocycles. The molecule has 1 atom stereocenters. The molecule has 148 valence electrons. The average Bonchev–Trinajstić information content (AvgIpc) is 3.08. The highest BCUT2D eigenvalue weighted by atomic mass is 16.1. The van der Waals surface area contributed by atoms with Crippen molar-refractivity contribution in [2.75, 3.05) is 31.1 Å². The number of carbonyl (C=O) groups is 1. The van der Waals surface area contributed by atoms with E-state index in [2.05, 4.69) is 45.4 Å². The lowest BCUT2D eigenvalue weighted by Gasteiger charge is -2.36. The highest BCUT2D eigenvalue weighted by molar-refractivity contribution is 5.79. The van der Waals surface area contributed by atoms with Gasteiger partial charge in [-0.05, 0) is 57.3 Å². The van der Waals surface area contributed by atoms with Crippen LogP contribution in [-0.2, 0) is 4.79 Å². The second-order valence-corrected chi connectivity index (χ2v) is 8.73. The molecule has 2 aliphatic heterocycles. The molecule has 3 fully saturated rings. The van der Waals surface area contributed by atoms with Gasteiger partial charge in [-0.3, -0.25) is 9.69 Å². The topological polar surface area (TPSA) is 35.6 Å². The molecule has 2 saturated heterocycles. The Labute approximate surface area is 164 Å². The quantitative estimate of drug-likeness (QED) is 0.820. The number of benzene rings is 1. The van der Waals surface area contributed by atoms with Crippen LogP contribution < -0.4 is 10.2 Å². The van der Waals surface area contributed by atoms with Gasteiger partial charge in [0.1, 0.15) is 0 Å². The molecule has 1 unspecified atom stereocenters. The summed E-state index contributed by atoms with van der Waals surface area (Å²) in [5.74, 6) is 0.565. The molecular formula is C23H35N3O. The zero-order valence-electron chi connectivity index (χ0n) is 16.6. The van der Waals surface area contributed by atoms with Crippen molar-refractivity contribution >= 4 is 11.6 Å². The van der Waals surface area contributed by atoms with Gasteiger partial charge < -0.3 is 10.2 Å². The van der Waals surface area contributed by atoms with Gasteiger partial charge in [-0.2, -0.15) is 0 Å². The number of nitrogens with one attached hydrogen (secondary N) is 1. The van der Waals surface area contributed by atoms with E-state index < -0.39 is 0 Å². The molecule has 0 bridgehead atoms. The molecule has 4 nitrogen and oxygen atoms in total. The Kier molecular flexibility index (Phi) is 6.33. The molecule has 0 radical (unpaired) electrons. The molecule has 1 aromatic rings. The summed E-state index contributed by atoms with van der Waals surface area (Å²) in [5.41, 5.74) is 1.35. The zero-order valence-corrected chi connectivity index (χ0v) is 16.6. The van der Waals surface area contributed by atoms with Crippen LogP contribution in [-0.4, -0.2) is 49.1 Å². The fourth-order valence-electron chi connectivity index (χ4n) is 5.18. The maximum atomic E-state index is 12.7. The highest BCUT2D eigenvalue weighted by Gasteiger charge is 2.33. The minimum absolute atomic E-state index is 0.233. The molecule has 2 heterocycles. The molecule has 1 amide bonds. The van der Waals surface area contributed by atoms with Crippen LogP contribution in [0.1, 0.15) is 57.8 Å². The predicted octanol–water partition coefficient (Wildman–Crippen LogP) is 3.82. The van der Waals surface area contributed by atoms with Crippen LogP contribution in [0.25, 0.3) is 0 Å². The van der Waals surface area contributed by atoms with E-state index in [0.717, 1.165) is 39.0 Å². The Morgan fingerprint density at radius 1 is 0.852 bits per heavy atom. The van der Waals surface area contributed by atoms with Crippen LogP contribution in [0.2, 0.25) is 0 Å². The Hall–Kier alpha value is -1.55. The predicted molar refractivity (Wildman–Crippen MR) is 111 cm³/mol. The van der Waals surface area contributed by atoms with Crippen molar-refractivity contribution < 1.29 is 4.79 Å². The minimum atomic E-state index is 0.233. The third-order valence-corrected chi connectivity index (χ3v) is 6.90. The summed E-state index contributed by atoms with van der Waals surface area (Å²) in [7, 11) is 0. The summed E-state index contributed by atoms with van der Waals surface area (Å²) in [4.78, 5) is 17.9. The van der Waals surface area contributed by atoms with Gasteiger partial charge in [-0.1, -0.05) is 43.9 Å². The molecule has 1 aromatic carbocycles. The zero-order chi connectivity index (χ0) is 18.5. The molecule has 1 N–H and O–H groups in total. The first-order valence-electron chi connectivity index (χ1n) is 11.1. The van der Waals surface area contributed by atoms with Gasteiger partial charge in [-0.25, -0.2) is 0 Å². The molecule has 3 aliphatic rings. The fourth-order valence-corrected chi connectivity index (χ4v) is 5.18. The Morgan fingerprint density at radius 2 is 1.56 bits per heavy atom. The smallest absolute Gasteiger partial charge is 0.223 e. The lowest BCUT2D eigenvalue weighted by atomic mass is 9.94. The minimum Gasteiger partial charge on any atom is -0.370 e. The van der Waals surface area contributed by atoms with Gasteiger partial charge in [0.15, 0.2) is 0 Å². The maximum Gasteiger partial charge on any atom is 0.223 e. The third-order valence-electron chi connectivity index (χ3n) is 6.90. The van der Waals surface area contributed by atoms with Gasteiger partial charge in [0.05, 0.1) is 0 Å². The van der Waals surface area contributed by atoms with Gasteiger partial charge in [0.2, 0.25) is 5.91 Å². The van der Waals surface area contributed by atoms with E-state index in [1.807, 2.05) is 0 Å². The van der Waals surface area contributed by atoms with Gasteiger partial charge in [0, 0.05) is 36.8 Å². The summed E-state index contributed by atoms with van der Waals surface area (Å²) in [6, 6.07) is 11.9. The summed E-state index contributed by atoms with van der Waals surface area (Å²) in [6.45, 7) is 4.44. The normalized spacial score (nSPS) is 26.1. The van der Waals surface area contributed by atoms with Crippen molar-refractivity contribution in [1.82, 2.24) is 10.2 Å². The van der Waals surface area contributed by atoms with Crippen molar-refractivity contribution in [2.24, 2.45) is 5.92 Å². The fraction of sp³-hybridized carbons (Fsp3) is 0.696. The van der Waals surface area contributed by atoms with Gasteiger partial charge >= 0.3 is 0 Å². The summed E-state index contributed by atoms with van der Waals surface area (Å²) >= 11 is 0. The van der Waals surface area contributed by atoms with E-state index in [1.54, 1.807) is 0 Å². The van der Waals surface area contributed by atoms with Crippen molar-refractivity contribution in [3.05, 3.63) is 30.3 Å². The number of hydrogen-bond donors (Lipinski definition) is 1. The van der Waals surface area contributed by atoms with Crippen LogP contribution in [0, 0.1) is 5.92 Å². The standard InChI is InChI=1S/C23H35N3O/c27-23(24-20-8-4-1-2-5-9-20)19-12-15-25(16-13-19)22-14-17-26(18-22)21-10-6-3-7-11-21/h3,6-7,10-11,19-20,22H,1-2,4-5,8-9,12-18H2,(H,24,27). The van der Waals surface area contributed by atoms with E-state index in [-0.39, 0.29) is 5.92 Å². The number of amides is 1. The number of nitrogens with zero attached hydrogens (tertiary/aromatic N) is 2. The van der Waals surface area contributed by atoms with E-state index in [0.29, 0.717) is 18.0 Å². The summed E-state index contributed by atoms with van der Waals surface area (Å²) in [6.07, 6.45) is 10.9. The van der Waals surface area contributed by atoms with E-state index in [9.17, 15) is 4.79 Å². The second-order valence-electron chi connectivity index (χ2n) is 8.73. The van der Waals surface area contributed by atoms with Crippen LogP contribution >= 0.6 is 0 Å². The largest absolute Gasteiger partial charge is 0.370 e. The van der Waals surface area contributed by atoms with Crippen LogP contribution in [0.3, 0.4) is 0 Å². The van der Waals surface area contributed by atoms with Crippen molar-refractivity contribution in [2.45, 2.75) is 69.9 Å². The number of anilines is 1. The maximum absolute atomic E-state index is 12.7. The molecule has 0 spiro atoms. The number of likely N-dealkylation sites (tertiary alicyclic amines) is 1. The van der Waals surface area contributed by atoms with Crippen molar-refractivity contribution in [3.63, 3.8) is 0 Å². The van der Waals surface area contributed by atoms with Crippen molar-refractivity contribution in [1.29, 1.82) is 0 Å². The van der Waals surface area contributed by atoms with Gasteiger partial charge in [0.25, 0.3) is 0 Å². The van der Waals surface area contributed by atoms with E-state index in [1.165, 1.54) is 50.6 Å². The Morgan fingerprint density at radius 3 is 2.26 bits per heavy atom. The summed E-state index contributed by atoms with van der Waals surface area (Å²) < 4.78 is 0. The molecule has 4 rings (SSSR count). The first kappa shape index (κ1) is 18.8. The number of carbonyl (C=O) groups excluding carboxylic acids is 1. The van der Waals surface area contributed by atoms with Crippen LogP contribution in [0.4, 0.5) is 5.69 Å². The monoisotopic (exact) mass is 369 g/mol. The first-order valence-corrected chi connectivity index (χ1v) is 11.1. The molecule has 0 aromatic heterocycles. The van der Waals surface area contributed by atoms with E-state index in [4.69, 9.17) is 0 Å². The van der Waals surface area contributed by atoms with Crippen LogP contribution in [0.15, 0.2) is 30.3 Å². The number of piperidine rings is 1. The SMILES string of the molecule is O=C(NC1CCCCCC1)C1CCN(C2CCN(c3ccccc3)C2)CC1. The third kappa shape index (κ3) is 4.84.